The summed E-state index contributed by atoms with van der Waals surface area (Å²) in [7, 11) is 0. The number of rotatable bonds is 3. The van der Waals surface area contributed by atoms with E-state index in [1.807, 2.05) is 0 Å². The smallest absolute Gasteiger partial charge is 0.0586 e. The van der Waals surface area contributed by atoms with Gasteiger partial charge in [-0.25, -0.2) is 0 Å². The Morgan fingerprint density at radius 3 is 2.53 bits per heavy atom. The number of hydrogen-bond acceptors (Lipinski definition) is 2. The molecule has 2 nitrogen and oxygen atoms in total. The average Bonchev–Trinajstić information content (AvgIpc) is 2.12. The maximum atomic E-state index is 5.69. The zero-order valence-electron chi connectivity index (χ0n) is 9.55. The largest absolute Gasteiger partial charge is 0.379 e. The van der Waals surface area contributed by atoms with Gasteiger partial charge in [-0.05, 0) is 37.9 Å². The van der Waals surface area contributed by atoms with Crippen molar-refractivity contribution in [3.8, 4) is 0 Å². The second-order valence-electron chi connectivity index (χ2n) is 4.63. The predicted molar refractivity (Wildman–Crippen MR) is 62.1 cm³/mol. The van der Waals surface area contributed by atoms with Crippen molar-refractivity contribution in [3.63, 3.8) is 0 Å². The minimum absolute atomic E-state index is 0.201. The first-order valence-electron chi connectivity index (χ1n) is 5.53. The predicted octanol–water partition coefficient (Wildman–Crippen LogP) is 1.92. The highest BCUT2D eigenvalue weighted by atomic mass is 16.5. The fraction of sp³-hybridized carbons (Fsp3) is 0.538. The summed E-state index contributed by atoms with van der Waals surface area (Å²) in [4.78, 5) is 0. The Morgan fingerprint density at radius 1 is 1.33 bits per heavy atom. The number of benzene rings is 1. The highest BCUT2D eigenvalue weighted by Crippen LogP contribution is 2.37. The van der Waals surface area contributed by atoms with E-state index in [1.54, 1.807) is 0 Å². The van der Waals surface area contributed by atoms with Crippen molar-refractivity contribution < 1.29 is 4.74 Å². The molecule has 1 aliphatic rings. The van der Waals surface area contributed by atoms with Crippen LogP contribution in [-0.2, 0) is 10.2 Å². The molecule has 2 heteroatoms. The lowest BCUT2D eigenvalue weighted by Crippen LogP contribution is -2.48. The normalized spacial score (nSPS) is 18.6. The number of aryl methyl sites for hydroxylation is 2. The van der Waals surface area contributed by atoms with Crippen molar-refractivity contribution in [1.82, 2.24) is 0 Å². The zero-order chi connectivity index (χ0) is 10.9. The Bertz CT molecular complexity index is 356. The molecule has 0 saturated carbocycles. The minimum Gasteiger partial charge on any atom is -0.379 e. The van der Waals surface area contributed by atoms with Crippen molar-refractivity contribution in [3.05, 3.63) is 34.9 Å². The molecule has 0 aliphatic carbocycles. The molecule has 0 bridgehead atoms. The van der Waals surface area contributed by atoms with E-state index in [-0.39, 0.29) is 5.41 Å². The van der Waals surface area contributed by atoms with Crippen LogP contribution >= 0.6 is 0 Å². The van der Waals surface area contributed by atoms with Gasteiger partial charge in [-0.2, -0.15) is 0 Å². The van der Waals surface area contributed by atoms with Crippen LogP contribution in [-0.4, -0.2) is 19.8 Å². The second-order valence-corrected chi connectivity index (χ2v) is 4.63. The van der Waals surface area contributed by atoms with Gasteiger partial charge in [0.15, 0.2) is 0 Å². The summed E-state index contributed by atoms with van der Waals surface area (Å²) < 4.78 is 5.37. The van der Waals surface area contributed by atoms with E-state index in [2.05, 4.69) is 32.0 Å². The van der Waals surface area contributed by atoms with Crippen LogP contribution in [0.2, 0.25) is 0 Å². The molecule has 1 aromatic rings. The van der Waals surface area contributed by atoms with Crippen LogP contribution in [0.25, 0.3) is 0 Å². The molecule has 0 unspecified atom stereocenters. The van der Waals surface area contributed by atoms with Gasteiger partial charge in [0, 0.05) is 5.41 Å². The van der Waals surface area contributed by atoms with Crippen LogP contribution in [0.1, 0.15) is 23.1 Å². The van der Waals surface area contributed by atoms with Gasteiger partial charge in [-0.1, -0.05) is 23.8 Å². The molecule has 1 aromatic carbocycles. The third kappa shape index (κ3) is 1.80. The summed E-state index contributed by atoms with van der Waals surface area (Å²) in [6.07, 6.45) is 1.02. The van der Waals surface area contributed by atoms with Gasteiger partial charge >= 0.3 is 0 Å². The monoisotopic (exact) mass is 205 g/mol. The summed E-state index contributed by atoms with van der Waals surface area (Å²) >= 11 is 0. The van der Waals surface area contributed by atoms with E-state index in [0.29, 0.717) is 0 Å². The molecule has 1 fully saturated rings. The molecule has 0 amide bonds. The molecule has 1 heterocycles. The SMILES string of the molecule is Cc1ccc(C2(CCN)COC2)c(C)c1. The molecule has 82 valence electrons. The van der Waals surface area contributed by atoms with Crippen molar-refractivity contribution >= 4 is 0 Å². The maximum absolute atomic E-state index is 5.69. The van der Waals surface area contributed by atoms with Gasteiger partial charge in [0.2, 0.25) is 0 Å². The lowest BCUT2D eigenvalue weighted by Gasteiger charge is -2.43. The lowest BCUT2D eigenvalue weighted by atomic mass is 9.74. The Morgan fingerprint density at radius 2 is 2.07 bits per heavy atom. The van der Waals surface area contributed by atoms with Crippen LogP contribution < -0.4 is 5.73 Å². The van der Waals surface area contributed by atoms with Crippen molar-refractivity contribution in [2.24, 2.45) is 5.73 Å². The maximum Gasteiger partial charge on any atom is 0.0586 e. The quantitative estimate of drug-likeness (QED) is 0.818. The Hall–Kier alpha value is -0.860. The van der Waals surface area contributed by atoms with E-state index < -0.39 is 0 Å². The van der Waals surface area contributed by atoms with E-state index in [9.17, 15) is 0 Å². The molecule has 15 heavy (non-hydrogen) atoms. The number of hydrogen-bond donors (Lipinski definition) is 1. The molecule has 0 aromatic heterocycles. The number of ether oxygens (including phenoxy) is 1. The van der Waals surface area contributed by atoms with Crippen molar-refractivity contribution in [1.29, 1.82) is 0 Å². The fourth-order valence-corrected chi connectivity index (χ4v) is 2.47. The van der Waals surface area contributed by atoms with Gasteiger partial charge in [0.1, 0.15) is 0 Å². The summed E-state index contributed by atoms with van der Waals surface area (Å²) in [5.74, 6) is 0. The summed E-state index contributed by atoms with van der Waals surface area (Å²) in [6.45, 7) is 6.70. The highest BCUT2D eigenvalue weighted by Gasteiger charge is 2.40. The standard InChI is InChI=1S/C13H19NO/c1-10-3-4-12(11(2)7-10)13(5-6-14)8-15-9-13/h3-4,7H,5-6,8-9,14H2,1-2H3. The van der Waals surface area contributed by atoms with E-state index in [0.717, 1.165) is 26.2 Å². The molecule has 0 spiro atoms. The molecular weight excluding hydrogens is 186 g/mol. The molecule has 1 saturated heterocycles. The Labute approximate surface area is 91.4 Å². The highest BCUT2D eigenvalue weighted by molar-refractivity contribution is 5.38. The Balaban J connectivity index is 2.34. The molecule has 0 atom stereocenters. The molecular formula is C13H19NO. The first kappa shape index (κ1) is 10.7. The molecule has 1 aliphatic heterocycles. The van der Waals surface area contributed by atoms with Crippen molar-refractivity contribution in [2.45, 2.75) is 25.7 Å². The summed E-state index contributed by atoms with van der Waals surface area (Å²) in [5.41, 5.74) is 9.99. The van der Waals surface area contributed by atoms with Crippen LogP contribution in [0, 0.1) is 13.8 Å². The second kappa shape index (κ2) is 3.95. The average molecular weight is 205 g/mol. The van der Waals surface area contributed by atoms with Gasteiger partial charge in [0.25, 0.3) is 0 Å². The molecule has 2 N–H and O–H groups in total. The third-order valence-corrected chi connectivity index (χ3v) is 3.33. The van der Waals surface area contributed by atoms with Gasteiger partial charge in [0.05, 0.1) is 13.2 Å². The van der Waals surface area contributed by atoms with Gasteiger partial charge in [-0.3, -0.25) is 0 Å². The summed E-state index contributed by atoms with van der Waals surface area (Å²) in [6, 6.07) is 6.66. The number of nitrogens with two attached hydrogens (primary N) is 1. The van der Waals surface area contributed by atoms with Crippen LogP contribution in [0.15, 0.2) is 18.2 Å². The molecule has 0 radical (unpaired) electrons. The van der Waals surface area contributed by atoms with Crippen LogP contribution in [0.4, 0.5) is 0 Å². The first-order chi connectivity index (χ1) is 7.18. The topological polar surface area (TPSA) is 35.2 Å². The fourth-order valence-electron chi connectivity index (χ4n) is 2.47. The van der Waals surface area contributed by atoms with Gasteiger partial charge in [-0.15, -0.1) is 0 Å². The zero-order valence-corrected chi connectivity index (χ0v) is 9.55. The van der Waals surface area contributed by atoms with E-state index in [1.165, 1.54) is 16.7 Å². The van der Waals surface area contributed by atoms with E-state index in [4.69, 9.17) is 10.5 Å². The van der Waals surface area contributed by atoms with Gasteiger partial charge < -0.3 is 10.5 Å². The van der Waals surface area contributed by atoms with Crippen LogP contribution in [0.5, 0.6) is 0 Å². The molecule has 2 rings (SSSR count). The van der Waals surface area contributed by atoms with Crippen molar-refractivity contribution in [2.75, 3.05) is 19.8 Å². The minimum atomic E-state index is 0.201. The Kier molecular flexibility index (Phi) is 2.81. The third-order valence-electron chi connectivity index (χ3n) is 3.33. The van der Waals surface area contributed by atoms with Crippen LogP contribution in [0.3, 0.4) is 0 Å². The first-order valence-corrected chi connectivity index (χ1v) is 5.53. The van der Waals surface area contributed by atoms with E-state index >= 15 is 0 Å². The lowest BCUT2D eigenvalue weighted by molar-refractivity contribution is -0.0634. The summed E-state index contributed by atoms with van der Waals surface area (Å²) in [5, 5.41) is 0.